The standard InChI is InChI=1S/C19H17N3O3/c23-13-17(14-6-2-1-3-7-14)22-18(24)16-9-5-11-21-19(16)25-15-8-4-10-20-12-15/h1-12,17,23H,13H2,(H,22,24)/t17-/m1/s1. The maximum atomic E-state index is 12.6. The van der Waals surface area contributed by atoms with E-state index in [9.17, 15) is 9.90 Å². The normalized spacial score (nSPS) is 11.6. The maximum Gasteiger partial charge on any atom is 0.257 e. The molecule has 0 saturated heterocycles. The smallest absolute Gasteiger partial charge is 0.257 e. The number of aromatic nitrogens is 2. The Morgan fingerprint density at radius 3 is 2.60 bits per heavy atom. The summed E-state index contributed by atoms with van der Waals surface area (Å²) in [4.78, 5) is 20.7. The molecule has 1 aromatic carbocycles. The molecule has 0 saturated carbocycles. The van der Waals surface area contributed by atoms with Crippen molar-refractivity contribution in [1.82, 2.24) is 15.3 Å². The van der Waals surface area contributed by atoms with Gasteiger partial charge in [-0.1, -0.05) is 30.3 Å². The Kier molecular flexibility index (Phi) is 5.33. The number of amides is 1. The highest BCUT2D eigenvalue weighted by atomic mass is 16.5. The first-order valence-electron chi connectivity index (χ1n) is 7.77. The van der Waals surface area contributed by atoms with E-state index in [4.69, 9.17) is 4.74 Å². The van der Waals surface area contributed by atoms with E-state index >= 15 is 0 Å². The average molecular weight is 335 g/mol. The highest BCUT2D eigenvalue weighted by Gasteiger charge is 2.19. The third-order valence-corrected chi connectivity index (χ3v) is 3.55. The Morgan fingerprint density at radius 2 is 1.88 bits per heavy atom. The minimum Gasteiger partial charge on any atom is -0.437 e. The summed E-state index contributed by atoms with van der Waals surface area (Å²) in [5.41, 5.74) is 1.10. The van der Waals surface area contributed by atoms with Crippen LogP contribution in [0.2, 0.25) is 0 Å². The lowest BCUT2D eigenvalue weighted by Gasteiger charge is -2.17. The van der Waals surface area contributed by atoms with E-state index in [1.54, 1.807) is 36.7 Å². The van der Waals surface area contributed by atoms with E-state index in [1.165, 1.54) is 6.20 Å². The Labute approximate surface area is 145 Å². The second-order valence-electron chi connectivity index (χ2n) is 5.27. The second kappa shape index (κ2) is 8.03. The quantitative estimate of drug-likeness (QED) is 0.723. The topological polar surface area (TPSA) is 84.3 Å². The summed E-state index contributed by atoms with van der Waals surface area (Å²) in [5, 5.41) is 12.4. The third kappa shape index (κ3) is 4.19. The van der Waals surface area contributed by atoms with E-state index in [0.29, 0.717) is 5.75 Å². The van der Waals surface area contributed by atoms with Crippen LogP contribution in [-0.4, -0.2) is 27.6 Å². The fourth-order valence-corrected chi connectivity index (χ4v) is 2.32. The van der Waals surface area contributed by atoms with Crippen LogP contribution >= 0.6 is 0 Å². The lowest BCUT2D eigenvalue weighted by Crippen LogP contribution is -2.31. The minimum absolute atomic E-state index is 0.178. The summed E-state index contributed by atoms with van der Waals surface area (Å²) < 4.78 is 5.65. The van der Waals surface area contributed by atoms with Crippen molar-refractivity contribution in [3.63, 3.8) is 0 Å². The van der Waals surface area contributed by atoms with Crippen LogP contribution in [0.5, 0.6) is 11.6 Å². The number of nitrogens with zero attached hydrogens (tertiary/aromatic N) is 2. The van der Waals surface area contributed by atoms with Gasteiger partial charge in [0.2, 0.25) is 5.88 Å². The van der Waals surface area contributed by atoms with Gasteiger partial charge in [-0.25, -0.2) is 4.98 Å². The van der Waals surface area contributed by atoms with E-state index in [2.05, 4.69) is 15.3 Å². The van der Waals surface area contributed by atoms with Crippen molar-refractivity contribution in [2.75, 3.05) is 6.61 Å². The van der Waals surface area contributed by atoms with Crippen LogP contribution in [0.3, 0.4) is 0 Å². The number of rotatable bonds is 6. The number of hydrogen-bond donors (Lipinski definition) is 2. The Hall–Kier alpha value is -3.25. The zero-order valence-electron chi connectivity index (χ0n) is 13.4. The summed E-state index contributed by atoms with van der Waals surface area (Å²) in [7, 11) is 0. The van der Waals surface area contributed by atoms with Gasteiger partial charge in [0.15, 0.2) is 0 Å². The summed E-state index contributed by atoms with van der Waals surface area (Å²) in [6, 6.07) is 15.5. The van der Waals surface area contributed by atoms with Crippen LogP contribution in [0, 0.1) is 0 Å². The van der Waals surface area contributed by atoms with Gasteiger partial charge in [0.05, 0.1) is 18.8 Å². The van der Waals surface area contributed by atoms with Crippen molar-refractivity contribution in [3.05, 3.63) is 84.3 Å². The van der Waals surface area contributed by atoms with Gasteiger partial charge in [0.1, 0.15) is 11.3 Å². The molecular weight excluding hydrogens is 318 g/mol. The molecule has 3 rings (SSSR count). The molecule has 0 radical (unpaired) electrons. The van der Waals surface area contributed by atoms with Crippen LogP contribution in [0.4, 0.5) is 0 Å². The van der Waals surface area contributed by atoms with Gasteiger partial charge in [-0.05, 0) is 29.8 Å². The van der Waals surface area contributed by atoms with Gasteiger partial charge in [-0.3, -0.25) is 9.78 Å². The van der Waals surface area contributed by atoms with Crippen LogP contribution in [0.25, 0.3) is 0 Å². The van der Waals surface area contributed by atoms with Crippen molar-refractivity contribution < 1.29 is 14.6 Å². The first-order chi connectivity index (χ1) is 12.3. The van der Waals surface area contributed by atoms with Gasteiger partial charge in [0, 0.05) is 12.4 Å². The highest BCUT2D eigenvalue weighted by Crippen LogP contribution is 2.23. The number of ether oxygens (including phenoxy) is 1. The van der Waals surface area contributed by atoms with E-state index < -0.39 is 6.04 Å². The lowest BCUT2D eigenvalue weighted by molar-refractivity contribution is 0.0913. The van der Waals surface area contributed by atoms with Crippen molar-refractivity contribution in [2.24, 2.45) is 0 Å². The molecular formula is C19H17N3O3. The lowest BCUT2D eigenvalue weighted by atomic mass is 10.1. The summed E-state index contributed by atoms with van der Waals surface area (Å²) in [5.74, 6) is 0.282. The van der Waals surface area contributed by atoms with Gasteiger partial charge >= 0.3 is 0 Å². The molecule has 2 heterocycles. The fraction of sp³-hybridized carbons (Fsp3) is 0.105. The molecule has 0 aliphatic rings. The molecule has 2 N–H and O–H groups in total. The molecule has 0 spiro atoms. The number of aliphatic hydroxyl groups excluding tert-OH is 1. The zero-order chi connectivity index (χ0) is 17.5. The van der Waals surface area contributed by atoms with Crippen molar-refractivity contribution in [1.29, 1.82) is 0 Å². The molecule has 25 heavy (non-hydrogen) atoms. The molecule has 2 aromatic heterocycles. The van der Waals surface area contributed by atoms with E-state index in [1.807, 2.05) is 30.3 Å². The Balaban J connectivity index is 1.80. The van der Waals surface area contributed by atoms with Crippen molar-refractivity contribution in [3.8, 4) is 11.6 Å². The molecule has 6 nitrogen and oxygen atoms in total. The SMILES string of the molecule is O=C(N[C@H](CO)c1ccccc1)c1cccnc1Oc1cccnc1. The molecule has 3 aromatic rings. The molecule has 0 aliphatic carbocycles. The summed E-state index contributed by atoms with van der Waals surface area (Å²) in [6.45, 7) is -0.213. The molecule has 1 atom stereocenters. The predicted molar refractivity (Wildman–Crippen MR) is 92.3 cm³/mol. The first kappa shape index (κ1) is 16.6. The minimum atomic E-state index is -0.514. The van der Waals surface area contributed by atoms with Crippen LogP contribution in [0.15, 0.2) is 73.2 Å². The van der Waals surface area contributed by atoms with Crippen LogP contribution in [-0.2, 0) is 0 Å². The number of nitrogens with one attached hydrogen (secondary N) is 1. The number of hydrogen-bond acceptors (Lipinski definition) is 5. The van der Waals surface area contributed by atoms with E-state index in [-0.39, 0.29) is 24.0 Å². The van der Waals surface area contributed by atoms with Gasteiger partial charge in [-0.15, -0.1) is 0 Å². The highest BCUT2D eigenvalue weighted by molar-refractivity contribution is 5.96. The first-order valence-corrected chi connectivity index (χ1v) is 7.77. The van der Waals surface area contributed by atoms with Gasteiger partial charge in [-0.2, -0.15) is 0 Å². The number of carbonyl (C=O) groups is 1. The molecule has 1 amide bonds. The molecule has 6 heteroatoms. The average Bonchev–Trinajstić information content (AvgIpc) is 2.68. The predicted octanol–water partition coefficient (Wildman–Crippen LogP) is 2.73. The molecule has 126 valence electrons. The number of aliphatic hydroxyl groups is 1. The maximum absolute atomic E-state index is 12.6. The molecule has 0 unspecified atom stereocenters. The zero-order valence-corrected chi connectivity index (χ0v) is 13.4. The third-order valence-electron chi connectivity index (χ3n) is 3.55. The Morgan fingerprint density at radius 1 is 1.08 bits per heavy atom. The number of carbonyl (C=O) groups excluding carboxylic acids is 1. The monoisotopic (exact) mass is 335 g/mol. The molecule has 0 aliphatic heterocycles. The largest absolute Gasteiger partial charge is 0.437 e. The number of pyridine rings is 2. The van der Waals surface area contributed by atoms with Crippen molar-refractivity contribution in [2.45, 2.75) is 6.04 Å². The Bertz CT molecular complexity index is 826. The van der Waals surface area contributed by atoms with Crippen molar-refractivity contribution >= 4 is 5.91 Å². The summed E-state index contributed by atoms with van der Waals surface area (Å²) in [6.07, 6.45) is 4.71. The summed E-state index contributed by atoms with van der Waals surface area (Å²) >= 11 is 0. The molecule has 0 bridgehead atoms. The van der Waals surface area contributed by atoms with E-state index in [0.717, 1.165) is 5.56 Å². The van der Waals surface area contributed by atoms with Crippen LogP contribution in [0.1, 0.15) is 22.0 Å². The van der Waals surface area contributed by atoms with Crippen LogP contribution < -0.4 is 10.1 Å². The van der Waals surface area contributed by atoms with Gasteiger partial charge < -0.3 is 15.2 Å². The number of benzene rings is 1. The molecule has 0 fully saturated rings. The van der Waals surface area contributed by atoms with Gasteiger partial charge in [0.25, 0.3) is 5.91 Å². The second-order valence-corrected chi connectivity index (χ2v) is 5.27. The fourth-order valence-electron chi connectivity index (χ4n) is 2.32.